The Bertz CT molecular complexity index is 612. The Morgan fingerprint density at radius 3 is 1.63 bits per heavy atom. The Labute approximate surface area is 178 Å². The van der Waals surface area contributed by atoms with E-state index in [2.05, 4.69) is 0 Å². The average Bonchev–Trinajstić information content (AvgIpc) is 2.72. The van der Waals surface area contributed by atoms with Crippen molar-refractivity contribution in [3.8, 4) is 0 Å². The van der Waals surface area contributed by atoms with Crippen LogP contribution < -0.4 is 0 Å². The van der Waals surface area contributed by atoms with Crippen LogP contribution in [0.15, 0.2) is 24.3 Å². The lowest BCUT2D eigenvalue weighted by Gasteiger charge is -2.21. The molecule has 1 heterocycles. The minimum Gasteiger partial charge on any atom is -0.465 e. The molecule has 30 heavy (non-hydrogen) atoms. The number of esters is 3. The van der Waals surface area contributed by atoms with E-state index in [9.17, 15) is 14.4 Å². The molecule has 1 aliphatic rings. The van der Waals surface area contributed by atoms with Crippen molar-refractivity contribution in [2.75, 3.05) is 34.0 Å². The minimum atomic E-state index is -0.585. The van der Waals surface area contributed by atoms with Crippen molar-refractivity contribution in [1.29, 1.82) is 0 Å². The summed E-state index contributed by atoms with van der Waals surface area (Å²) in [6, 6.07) is 0. The van der Waals surface area contributed by atoms with Crippen molar-refractivity contribution in [3.63, 3.8) is 0 Å². The topological polar surface area (TPSA) is 97.4 Å². The van der Waals surface area contributed by atoms with Gasteiger partial charge in [-0.2, -0.15) is 0 Å². The molecule has 1 aliphatic heterocycles. The Kier molecular flexibility index (Phi) is 12.0. The third-order valence-electron chi connectivity index (χ3n) is 4.92. The third kappa shape index (κ3) is 9.54. The van der Waals surface area contributed by atoms with Crippen molar-refractivity contribution >= 4 is 17.9 Å². The number of carbonyl (C=O) groups excluding carboxylic acids is 3. The maximum Gasteiger partial charge on any atom is 0.312 e. The highest BCUT2D eigenvalue weighted by molar-refractivity contribution is 5.74. The summed E-state index contributed by atoms with van der Waals surface area (Å²) in [5.74, 6) is -2.03. The number of rotatable bonds is 2. The molecule has 0 N–H and O–H groups in total. The van der Waals surface area contributed by atoms with Crippen LogP contribution >= 0.6 is 0 Å². The van der Waals surface area contributed by atoms with Gasteiger partial charge in [-0.25, -0.2) is 0 Å². The molecule has 1 rings (SSSR count). The molecule has 0 aromatic rings. The van der Waals surface area contributed by atoms with Gasteiger partial charge in [0.1, 0.15) is 19.8 Å². The molecule has 0 spiro atoms. The van der Waals surface area contributed by atoms with Gasteiger partial charge in [0.25, 0.3) is 0 Å². The summed E-state index contributed by atoms with van der Waals surface area (Å²) >= 11 is 0. The summed E-state index contributed by atoms with van der Waals surface area (Å²) in [6.07, 6.45) is 6.51. The zero-order valence-electron chi connectivity index (χ0n) is 18.5. The first-order valence-electron chi connectivity index (χ1n) is 10.1. The largest absolute Gasteiger partial charge is 0.465 e. The number of hydrogen-bond donors (Lipinski definition) is 0. The fourth-order valence-corrected chi connectivity index (χ4v) is 2.76. The molecule has 0 aromatic carbocycles. The van der Waals surface area contributed by atoms with E-state index in [1.807, 2.05) is 26.0 Å². The van der Waals surface area contributed by atoms with E-state index < -0.39 is 17.9 Å². The zero-order valence-corrected chi connectivity index (χ0v) is 18.5. The fraction of sp³-hybridized carbons (Fsp3) is 0.682. The summed E-state index contributed by atoms with van der Waals surface area (Å²) in [7, 11) is 3.07. The zero-order chi connectivity index (χ0) is 22.5. The first-order valence-corrected chi connectivity index (χ1v) is 10.1. The van der Waals surface area contributed by atoms with E-state index >= 15 is 0 Å². The van der Waals surface area contributed by atoms with E-state index in [0.717, 1.165) is 0 Å². The quantitative estimate of drug-likeness (QED) is 0.377. The van der Waals surface area contributed by atoms with Gasteiger partial charge in [-0.15, -0.1) is 0 Å². The maximum atomic E-state index is 12.1. The second-order valence-electron chi connectivity index (χ2n) is 7.43. The number of ether oxygens (including phenoxy) is 5. The molecule has 8 heteroatoms. The van der Waals surface area contributed by atoms with Crippen LogP contribution in [0.25, 0.3) is 0 Å². The molecular weight excluding hydrogens is 392 g/mol. The van der Waals surface area contributed by atoms with Crippen molar-refractivity contribution < 1.29 is 38.1 Å². The van der Waals surface area contributed by atoms with Crippen LogP contribution in [0.3, 0.4) is 0 Å². The van der Waals surface area contributed by atoms with Gasteiger partial charge in [-0.1, -0.05) is 38.2 Å². The predicted octanol–water partition coefficient (Wildman–Crippen LogP) is 2.46. The highest BCUT2D eigenvalue weighted by atomic mass is 16.6. The van der Waals surface area contributed by atoms with E-state index in [1.54, 1.807) is 26.2 Å². The molecule has 0 saturated heterocycles. The molecule has 0 aliphatic carbocycles. The molecule has 5 atom stereocenters. The van der Waals surface area contributed by atoms with Crippen molar-refractivity contribution in [1.82, 2.24) is 0 Å². The van der Waals surface area contributed by atoms with E-state index in [-0.39, 0.29) is 62.7 Å². The van der Waals surface area contributed by atoms with Crippen LogP contribution in [-0.2, 0) is 38.1 Å². The van der Waals surface area contributed by atoms with Crippen molar-refractivity contribution in [3.05, 3.63) is 24.3 Å². The molecule has 0 amide bonds. The summed E-state index contributed by atoms with van der Waals surface area (Å²) in [5, 5.41) is 0. The lowest BCUT2D eigenvalue weighted by Crippen LogP contribution is -2.30. The molecule has 8 nitrogen and oxygen atoms in total. The number of hydrogen-bond acceptors (Lipinski definition) is 8. The summed E-state index contributed by atoms with van der Waals surface area (Å²) < 4.78 is 26.5. The van der Waals surface area contributed by atoms with Gasteiger partial charge in [0.05, 0.1) is 31.0 Å². The smallest absolute Gasteiger partial charge is 0.312 e. The molecule has 0 saturated carbocycles. The lowest BCUT2D eigenvalue weighted by atomic mass is 10.0. The lowest BCUT2D eigenvalue weighted by molar-refractivity contribution is -0.157. The van der Waals surface area contributed by atoms with Crippen molar-refractivity contribution in [2.24, 2.45) is 17.8 Å². The first kappa shape index (κ1) is 25.8. The fourth-order valence-electron chi connectivity index (χ4n) is 2.76. The highest BCUT2D eigenvalue weighted by Gasteiger charge is 2.22. The van der Waals surface area contributed by atoms with Crippen LogP contribution in [-0.4, -0.2) is 64.2 Å². The summed E-state index contributed by atoms with van der Waals surface area (Å²) in [6.45, 7) is 5.56. The average molecular weight is 427 g/mol. The third-order valence-corrected chi connectivity index (χ3v) is 4.92. The molecule has 0 fully saturated rings. The first-order chi connectivity index (χ1) is 14.3. The summed E-state index contributed by atoms with van der Waals surface area (Å²) in [4.78, 5) is 36.0. The standard InChI is InChI=1S/C22H34O8/c1-15-8-6-10-20(23)28-12-17(3)22(25)30-14-19(27-5)16(2)9-7-11-21(24)29-13-18(15)26-4/h6-9,15-19H,10-14H2,1-5H3/t15-,16-,17-,18-,19-/m0/s1. The number of methoxy groups -OCH3 is 2. The van der Waals surface area contributed by atoms with Crippen LogP contribution in [0.5, 0.6) is 0 Å². The monoisotopic (exact) mass is 426 g/mol. The Balaban J connectivity index is 2.86. The van der Waals surface area contributed by atoms with Gasteiger partial charge < -0.3 is 23.7 Å². The van der Waals surface area contributed by atoms with Gasteiger partial charge >= 0.3 is 17.9 Å². The highest BCUT2D eigenvalue weighted by Crippen LogP contribution is 2.13. The molecule has 170 valence electrons. The number of carbonyl (C=O) groups is 3. The normalized spacial score (nSPS) is 30.8. The second-order valence-corrected chi connectivity index (χ2v) is 7.43. The predicted molar refractivity (Wildman–Crippen MR) is 109 cm³/mol. The minimum absolute atomic E-state index is 0.0508. The van der Waals surface area contributed by atoms with Crippen LogP contribution in [0.4, 0.5) is 0 Å². The van der Waals surface area contributed by atoms with E-state index in [0.29, 0.717) is 0 Å². The molecule has 0 unspecified atom stereocenters. The summed E-state index contributed by atoms with van der Waals surface area (Å²) in [5.41, 5.74) is 0. The van der Waals surface area contributed by atoms with Gasteiger partial charge in [-0.05, 0) is 6.92 Å². The van der Waals surface area contributed by atoms with Gasteiger partial charge in [0.15, 0.2) is 0 Å². The van der Waals surface area contributed by atoms with E-state index in [1.165, 1.54) is 7.11 Å². The molecule has 0 aromatic heterocycles. The Hall–Kier alpha value is -2.19. The second kappa shape index (κ2) is 13.9. The van der Waals surface area contributed by atoms with Gasteiger partial charge in [0.2, 0.25) is 0 Å². The maximum absolute atomic E-state index is 12.1. The Morgan fingerprint density at radius 1 is 0.733 bits per heavy atom. The molecular formula is C22H34O8. The van der Waals surface area contributed by atoms with Crippen LogP contribution in [0.1, 0.15) is 33.6 Å². The van der Waals surface area contributed by atoms with Crippen LogP contribution in [0, 0.1) is 17.8 Å². The number of cyclic esters (lactones) is 3. The van der Waals surface area contributed by atoms with Gasteiger partial charge in [0, 0.05) is 26.1 Å². The SMILES string of the molecule is CO[C@H]1COC(=O)CC=C[C@H](C)[C@@H](OC)COC(=O)[C@@H](C)COC(=O)CC=C[C@@H]1C. The Morgan fingerprint density at radius 2 is 1.17 bits per heavy atom. The van der Waals surface area contributed by atoms with Crippen LogP contribution in [0.2, 0.25) is 0 Å². The molecule has 0 radical (unpaired) electrons. The van der Waals surface area contributed by atoms with E-state index in [4.69, 9.17) is 23.7 Å². The van der Waals surface area contributed by atoms with Crippen molar-refractivity contribution in [2.45, 2.75) is 45.8 Å². The molecule has 0 bridgehead atoms. The van der Waals surface area contributed by atoms with Gasteiger partial charge in [-0.3, -0.25) is 14.4 Å².